The van der Waals surface area contributed by atoms with Crippen LogP contribution in [0.1, 0.15) is 20.8 Å². The van der Waals surface area contributed by atoms with E-state index in [-0.39, 0.29) is 0 Å². The lowest BCUT2D eigenvalue weighted by atomic mass is 10.0. The second kappa shape index (κ2) is 4.52. The van der Waals surface area contributed by atoms with Gasteiger partial charge in [-0.2, -0.15) is 0 Å². The molecule has 0 unspecified atom stereocenters. The van der Waals surface area contributed by atoms with E-state index in [4.69, 9.17) is 0 Å². The average Bonchev–Trinajstić information content (AvgIpc) is 2.64. The van der Waals surface area contributed by atoms with E-state index < -0.39 is 0 Å². The largest absolute Gasteiger partial charge is 0.297 e. The summed E-state index contributed by atoms with van der Waals surface area (Å²) in [6.07, 6.45) is 0.894. The van der Waals surface area contributed by atoms with Crippen molar-refractivity contribution in [2.75, 3.05) is 0 Å². The number of halogens is 1. The van der Waals surface area contributed by atoms with Gasteiger partial charge in [0.2, 0.25) is 0 Å². The third-order valence-corrected chi connectivity index (χ3v) is 4.07. The molecule has 82 valence electrons. The van der Waals surface area contributed by atoms with Crippen molar-refractivity contribution in [2.45, 2.75) is 13.8 Å². The Morgan fingerprint density at radius 3 is 2.56 bits per heavy atom. The Morgan fingerprint density at radius 2 is 2.00 bits per heavy atom. The van der Waals surface area contributed by atoms with E-state index in [9.17, 15) is 4.79 Å². The topological polar surface area (TPSA) is 17.1 Å². The second-order valence-corrected chi connectivity index (χ2v) is 5.73. The first-order valence-corrected chi connectivity index (χ1v) is 6.55. The van der Waals surface area contributed by atoms with Gasteiger partial charge in [-0.1, -0.05) is 22.0 Å². The van der Waals surface area contributed by atoms with Crippen molar-refractivity contribution in [3.8, 4) is 10.4 Å². The van der Waals surface area contributed by atoms with Crippen molar-refractivity contribution in [1.82, 2.24) is 0 Å². The minimum atomic E-state index is 0.766. The summed E-state index contributed by atoms with van der Waals surface area (Å²) < 4.78 is 1.09. The minimum absolute atomic E-state index is 0.766. The molecule has 0 bridgehead atoms. The number of aldehydes is 1. The molecule has 0 N–H and O–H groups in total. The maximum absolute atomic E-state index is 10.7. The molecule has 0 atom stereocenters. The van der Waals surface area contributed by atoms with Crippen LogP contribution in [0.15, 0.2) is 28.7 Å². The molecule has 0 saturated carbocycles. The van der Waals surface area contributed by atoms with Gasteiger partial charge in [0.1, 0.15) is 0 Å². The molecule has 0 fully saturated rings. The lowest BCUT2D eigenvalue weighted by Crippen LogP contribution is -1.84. The van der Waals surface area contributed by atoms with Crippen LogP contribution in [0.3, 0.4) is 0 Å². The average molecular weight is 295 g/mol. The Balaban J connectivity index is 2.59. The zero-order valence-corrected chi connectivity index (χ0v) is 11.5. The molecule has 0 aliphatic heterocycles. The smallest absolute Gasteiger partial charge is 0.160 e. The van der Waals surface area contributed by atoms with E-state index in [0.29, 0.717) is 0 Å². The van der Waals surface area contributed by atoms with Gasteiger partial charge in [-0.15, -0.1) is 11.3 Å². The van der Waals surface area contributed by atoms with Crippen LogP contribution in [-0.4, -0.2) is 6.29 Å². The van der Waals surface area contributed by atoms with Crippen molar-refractivity contribution < 1.29 is 4.79 Å². The lowest BCUT2D eigenvalue weighted by Gasteiger charge is -2.07. The highest BCUT2D eigenvalue weighted by atomic mass is 79.9. The molecular formula is C13H11BrOS. The van der Waals surface area contributed by atoms with Crippen molar-refractivity contribution in [3.05, 3.63) is 44.7 Å². The molecule has 1 aromatic carbocycles. The molecule has 1 aromatic heterocycles. The second-order valence-electron chi connectivity index (χ2n) is 3.76. The molecule has 1 nitrogen and oxygen atoms in total. The third kappa shape index (κ3) is 2.11. The number of hydrogen-bond donors (Lipinski definition) is 0. The van der Waals surface area contributed by atoms with Crippen molar-refractivity contribution >= 4 is 33.6 Å². The molecule has 0 saturated heterocycles. The first kappa shape index (κ1) is 11.6. The lowest BCUT2D eigenvalue weighted by molar-refractivity contribution is 0.112. The Hall–Kier alpha value is -0.930. The predicted molar refractivity (Wildman–Crippen MR) is 72.3 cm³/mol. The van der Waals surface area contributed by atoms with Crippen LogP contribution in [-0.2, 0) is 0 Å². The molecule has 2 rings (SSSR count). The number of aryl methyl sites for hydroxylation is 2. The molecule has 0 aliphatic carbocycles. The third-order valence-electron chi connectivity index (χ3n) is 2.42. The molecule has 1 heterocycles. The highest BCUT2D eigenvalue weighted by Crippen LogP contribution is 2.36. The van der Waals surface area contributed by atoms with Gasteiger partial charge in [-0.05, 0) is 43.2 Å². The maximum Gasteiger partial charge on any atom is 0.160 e. The zero-order valence-electron chi connectivity index (χ0n) is 9.08. The number of hydrogen-bond acceptors (Lipinski definition) is 2. The van der Waals surface area contributed by atoms with Crippen LogP contribution in [0.5, 0.6) is 0 Å². The Labute approximate surface area is 107 Å². The molecule has 16 heavy (non-hydrogen) atoms. The molecule has 0 spiro atoms. The van der Waals surface area contributed by atoms with Crippen LogP contribution < -0.4 is 0 Å². The fourth-order valence-electron chi connectivity index (χ4n) is 1.78. The van der Waals surface area contributed by atoms with Crippen LogP contribution in [0.4, 0.5) is 0 Å². The number of rotatable bonds is 2. The molecule has 0 amide bonds. The van der Waals surface area contributed by atoms with Crippen LogP contribution in [0.25, 0.3) is 10.4 Å². The van der Waals surface area contributed by atoms with Gasteiger partial charge < -0.3 is 0 Å². The highest BCUT2D eigenvalue weighted by Gasteiger charge is 2.09. The summed E-state index contributed by atoms with van der Waals surface area (Å²) in [5, 5.41) is 0. The maximum atomic E-state index is 10.7. The SMILES string of the molecule is Cc1cc(C)c(-c2ccc(C=O)s2)c(Br)c1. The number of benzene rings is 1. The van der Waals surface area contributed by atoms with E-state index in [1.165, 1.54) is 28.0 Å². The summed E-state index contributed by atoms with van der Waals surface area (Å²) in [5.41, 5.74) is 3.65. The van der Waals surface area contributed by atoms with Gasteiger partial charge in [0.15, 0.2) is 6.29 Å². The Morgan fingerprint density at radius 1 is 1.25 bits per heavy atom. The minimum Gasteiger partial charge on any atom is -0.297 e. The Kier molecular flexibility index (Phi) is 3.26. The molecule has 0 aliphatic rings. The van der Waals surface area contributed by atoms with Crippen molar-refractivity contribution in [1.29, 1.82) is 0 Å². The summed E-state index contributed by atoms with van der Waals surface area (Å²) in [4.78, 5) is 12.6. The van der Waals surface area contributed by atoms with Crippen molar-refractivity contribution in [2.24, 2.45) is 0 Å². The number of thiophene rings is 1. The van der Waals surface area contributed by atoms with E-state index in [1.54, 1.807) is 0 Å². The molecular weight excluding hydrogens is 284 g/mol. The van der Waals surface area contributed by atoms with Gasteiger partial charge in [-0.25, -0.2) is 0 Å². The molecule has 3 heteroatoms. The van der Waals surface area contributed by atoms with Gasteiger partial charge >= 0.3 is 0 Å². The molecule has 2 aromatic rings. The predicted octanol–water partition coefficient (Wildman–Crippen LogP) is 4.61. The van der Waals surface area contributed by atoms with Crippen LogP contribution in [0.2, 0.25) is 0 Å². The monoisotopic (exact) mass is 294 g/mol. The quantitative estimate of drug-likeness (QED) is 0.740. The highest BCUT2D eigenvalue weighted by molar-refractivity contribution is 9.10. The first-order chi connectivity index (χ1) is 7.61. The summed E-state index contributed by atoms with van der Waals surface area (Å²) in [7, 11) is 0. The van der Waals surface area contributed by atoms with Crippen molar-refractivity contribution in [3.63, 3.8) is 0 Å². The van der Waals surface area contributed by atoms with Gasteiger partial charge in [0, 0.05) is 14.9 Å². The summed E-state index contributed by atoms with van der Waals surface area (Å²) in [5.74, 6) is 0. The zero-order chi connectivity index (χ0) is 11.7. The first-order valence-electron chi connectivity index (χ1n) is 4.94. The fourth-order valence-corrected chi connectivity index (χ4v) is 3.74. The summed E-state index contributed by atoms with van der Waals surface area (Å²) >= 11 is 5.11. The van der Waals surface area contributed by atoms with Gasteiger partial charge in [0.25, 0.3) is 0 Å². The van der Waals surface area contributed by atoms with Gasteiger partial charge in [0.05, 0.1) is 4.88 Å². The summed E-state index contributed by atoms with van der Waals surface area (Å²) in [6.45, 7) is 4.17. The van der Waals surface area contributed by atoms with E-state index in [2.05, 4.69) is 41.9 Å². The fraction of sp³-hybridized carbons (Fsp3) is 0.154. The number of carbonyl (C=O) groups excluding carboxylic acids is 1. The summed E-state index contributed by atoms with van der Waals surface area (Å²) in [6, 6.07) is 8.11. The van der Waals surface area contributed by atoms with Crippen LogP contribution >= 0.6 is 27.3 Å². The normalized spacial score (nSPS) is 10.4. The standard InChI is InChI=1S/C13H11BrOS/c1-8-5-9(2)13(11(14)6-8)12-4-3-10(7-15)16-12/h3-7H,1-2H3. The van der Waals surface area contributed by atoms with E-state index >= 15 is 0 Å². The van der Waals surface area contributed by atoms with E-state index in [1.807, 2.05) is 12.1 Å². The van der Waals surface area contributed by atoms with Crippen LogP contribution in [0, 0.1) is 13.8 Å². The Bertz CT molecular complexity index is 520. The molecule has 0 radical (unpaired) electrons. The van der Waals surface area contributed by atoms with E-state index in [0.717, 1.165) is 20.5 Å². The van der Waals surface area contributed by atoms with Gasteiger partial charge in [-0.3, -0.25) is 4.79 Å². The number of carbonyl (C=O) groups is 1.